The Bertz CT molecular complexity index is 1200. The number of carbonyl (C=O) groups is 1. The zero-order chi connectivity index (χ0) is 20.4. The van der Waals surface area contributed by atoms with Crippen LogP contribution in [0.25, 0.3) is 16.3 Å². The Kier molecular flexibility index (Phi) is 5.18. The van der Waals surface area contributed by atoms with E-state index in [9.17, 15) is 13.6 Å². The second-order valence-electron chi connectivity index (χ2n) is 6.41. The minimum atomic E-state index is -0.535. The van der Waals surface area contributed by atoms with Crippen molar-refractivity contribution >= 4 is 39.4 Å². The first-order valence-corrected chi connectivity index (χ1v) is 9.62. The van der Waals surface area contributed by atoms with E-state index in [0.29, 0.717) is 16.4 Å². The Hall–Kier alpha value is -3.39. The Morgan fingerprint density at radius 1 is 1.24 bits per heavy atom. The first-order valence-electron chi connectivity index (χ1n) is 8.80. The van der Waals surface area contributed by atoms with Gasteiger partial charge < -0.3 is 5.32 Å². The first-order chi connectivity index (χ1) is 14.0. The monoisotopic (exact) mass is 410 g/mol. The molecule has 0 atom stereocenters. The van der Waals surface area contributed by atoms with Crippen LogP contribution in [-0.4, -0.2) is 20.7 Å². The molecule has 4 aromatic rings. The number of aryl methyl sites for hydroxylation is 1. The molecule has 146 valence electrons. The summed E-state index contributed by atoms with van der Waals surface area (Å²) in [5.74, 6) is -1.01. The summed E-state index contributed by atoms with van der Waals surface area (Å²) in [4.78, 5) is 16.8. The molecule has 4 rings (SSSR count). The van der Waals surface area contributed by atoms with Gasteiger partial charge in [-0.05, 0) is 43.3 Å². The molecule has 0 unspecified atom stereocenters. The molecule has 2 aromatic carbocycles. The number of hydrogen-bond donors (Lipinski definition) is 1. The van der Waals surface area contributed by atoms with Crippen molar-refractivity contribution in [3.8, 4) is 0 Å². The van der Waals surface area contributed by atoms with Gasteiger partial charge in [-0.3, -0.25) is 4.79 Å². The summed E-state index contributed by atoms with van der Waals surface area (Å²) in [6, 6.07) is 11.0. The van der Waals surface area contributed by atoms with Crippen LogP contribution in [0, 0.1) is 18.6 Å². The van der Waals surface area contributed by atoms with Crippen molar-refractivity contribution in [1.29, 1.82) is 0 Å². The number of anilines is 1. The third kappa shape index (κ3) is 4.22. The number of thiazole rings is 1. The van der Waals surface area contributed by atoms with Crippen molar-refractivity contribution < 1.29 is 13.6 Å². The molecule has 0 spiro atoms. The quantitative estimate of drug-likeness (QED) is 0.482. The van der Waals surface area contributed by atoms with E-state index in [1.54, 1.807) is 19.2 Å². The topological polar surface area (TPSA) is 59.8 Å². The third-order valence-corrected chi connectivity index (χ3v) is 5.28. The van der Waals surface area contributed by atoms with Crippen molar-refractivity contribution in [2.24, 2.45) is 0 Å². The summed E-state index contributed by atoms with van der Waals surface area (Å²) >= 11 is 1.49. The van der Waals surface area contributed by atoms with Crippen molar-refractivity contribution in [2.45, 2.75) is 13.5 Å². The van der Waals surface area contributed by atoms with Gasteiger partial charge in [0, 0.05) is 17.2 Å². The van der Waals surface area contributed by atoms with Gasteiger partial charge in [0.2, 0.25) is 5.91 Å². The average molecular weight is 410 g/mol. The zero-order valence-electron chi connectivity index (χ0n) is 15.4. The number of amides is 1. The first kappa shape index (κ1) is 18.9. The predicted molar refractivity (Wildman–Crippen MR) is 110 cm³/mol. The second kappa shape index (κ2) is 7.92. The molecule has 5 nitrogen and oxygen atoms in total. The molecule has 2 heterocycles. The van der Waals surface area contributed by atoms with Gasteiger partial charge in [0.25, 0.3) is 0 Å². The molecule has 0 bridgehead atoms. The van der Waals surface area contributed by atoms with Gasteiger partial charge >= 0.3 is 0 Å². The summed E-state index contributed by atoms with van der Waals surface area (Å²) in [5.41, 5.74) is 1.74. The van der Waals surface area contributed by atoms with Crippen molar-refractivity contribution in [2.75, 3.05) is 5.32 Å². The van der Waals surface area contributed by atoms with E-state index in [-0.39, 0.29) is 18.0 Å². The van der Waals surface area contributed by atoms with Crippen LogP contribution in [-0.2, 0) is 11.3 Å². The number of nitrogens with one attached hydrogen (secondary N) is 1. The summed E-state index contributed by atoms with van der Waals surface area (Å²) in [6.45, 7) is 1.77. The molecule has 0 saturated carbocycles. The SMILES string of the molecule is Cc1cnn(Cc2cc(F)ccc2F)c1NC(=O)/C=C/c1nc2ccccc2s1. The fraction of sp³-hybridized carbons (Fsp3) is 0.0952. The van der Waals surface area contributed by atoms with Crippen molar-refractivity contribution in [1.82, 2.24) is 14.8 Å². The molecule has 0 aliphatic rings. The molecule has 2 aromatic heterocycles. The summed E-state index contributed by atoms with van der Waals surface area (Å²) in [6.07, 6.45) is 4.59. The minimum absolute atomic E-state index is 0.00533. The summed E-state index contributed by atoms with van der Waals surface area (Å²) < 4.78 is 29.8. The number of para-hydroxylation sites is 1. The van der Waals surface area contributed by atoms with Gasteiger partial charge in [-0.25, -0.2) is 18.4 Å². The maximum Gasteiger partial charge on any atom is 0.249 e. The Labute approximate surface area is 169 Å². The van der Waals surface area contributed by atoms with E-state index in [4.69, 9.17) is 0 Å². The van der Waals surface area contributed by atoms with Crippen LogP contribution in [0.4, 0.5) is 14.6 Å². The van der Waals surface area contributed by atoms with Gasteiger partial charge in [0.1, 0.15) is 22.5 Å². The van der Waals surface area contributed by atoms with Crippen LogP contribution in [0.3, 0.4) is 0 Å². The maximum absolute atomic E-state index is 13.9. The number of halogens is 2. The van der Waals surface area contributed by atoms with Gasteiger partial charge in [-0.2, -0.15) is 5.10 Å². The molecule has 29 heavy (non-hydrogen) atoms. The van der Waals surface area contributed by atoms with Gasteiger partial charge in [-0.1, -0.05) is 12.1 Å². The number of benzene rings is 2. The van der Waals surface area contributed by atoms with E-state index in [1.165, 1.54) is 22.1 Å². The molecule has 0 saturated heterocycles. The number of hydrogen-bond acceptors (Lipinski definition) is 4. The molecule has 0 radical (unpaired) electrons. The van der Waals surface area contributed by atoms with Crippen molar-refractivity contribution in [3.05, 3.63) is 82.5 Å². The van der Waals surface area contributed by atoms with Crippen LogP contribution in [0.15, 0.2) is 54.7 Å². The predicted octanol–water partition coefficient (Wildman–Crippen LogP) is 4.78. The molecule has 0 aliphatic carbocycles. The summed E-state index contributed by atoms with van der Waals surface area (Å²) in [5, 5.41) is 7.63. The highest BCUT2D eigenvalue weighted by molar-refractivity contribution is 7.19. The van der Waals surface area contributed by atoms with Crippen molar-refractivity contribution in [3.63, 3.8) is 0 Å². The highest BCUT2D eigenvalue weighted by atomic mass is 32.1. The van der Waals surface area contributed by atoms with Crippen LogP contribution >= 0.6 is 11.3 Å². The molecular formula is C21H16F2N4OS. The lowest BCUT2D eigenvalue weighted by atomic mass is 10.2. The number of fused-ring (bicyclic) bond motifs is 1. The van der Waals surface area contributed by atoms with Gasteiger partial charge in [0.15, 0.2) is 0 Å². The molecule has 1 amide bonds. The number of aromatic nitrogens is 3. The highest BCUT2D eigenvalue weighted by Gasteiger charge is 2.13. The fourth-order valence-corrected chi connectivity index (χ4v) is 3.72. The average Bonchev–Trinajstić information content (AvgIpc) is 3.27. The normalized spacial score (nSPS) is 11.4. The van der Waals surface area contributed by atoms with E-state index in [0.717, 1.165) is 28.4 Å². The van der Waals surface area contributed by atoms with Crippen LogP contribution in [0.5, 0.6) is 0 Å². The smallest absolute Gasteiger partial charge is 0.249 e. The zero-order valence-corrected chi connectivity index (χ0v) is 16.2. The lowest BCUT2D eigenvalue weighted by Gasteiger charge is -2.10. The Balaban J connectivity index is 1.51. The number of nitrogens with zero attached hydrogens (tertiary/aromatic N) is 3. The van der Waals surface area contributed by atoms with E-state index < -0.39 is 11.6 Å². The van der Waals surface area contributed by atoms with Crippen LogP contribution in [0.2, 0.25) is 0 Å². The van der Waals surface area contributed by atoms with Crippen LogP contribution < -0.4 is 5.32 Å². The fourth-order valence-electron chi connectivity index (χ4n) is 2.85. The minimum Gasteiger partial charge on any atom is -0.307 e. The molecule has 1 N–H and O–H groups in total. The molecule has 0 aliphatic heterocycles. The third-order valence-electron chi connectivity index (χ3n) is 4.28. The molecule has 0 fully saturated rings. The summed E-state index contributed by atoms with van der Waals surface area (Å²) in [7, 11) is 0. The highest BCUT2D eigenvalue weighted by Crippen LogP contribution is 2.23. The van der Waals surface area contributed by atoms with Gasteiger partial charge in [-0.15, -0.1) is 11.3 Å². The molecule has 8 heteroatoms. The van der Waals surface area contributed by atoms with E-state index >= 15 is 0 Å². The van der Waals surface area contributed by atoms with E-state index in [2.05, 4.69) is 15.4 Å². The van der Waals surface area contributed by atoms with Gasteiger partial charge in [0.05, 0.1) is 23.0 Å². The maximum atomic E-state index is 13.9. The Morgan fingerprint density at radius 2 is 2.07 bits per heavy atom. The standard InChI is InChI=1S/C21H16F2N4OS/c1-13-11-24-27(12-14-10-15(22)6-7-16(14)23)21(13)26-19(28)8-9-20-25-17-4-2-3-5-18(17)29-20/h2-11H,12H2,1H3,(H,26,28)/b9-8+. The second-order valence-corrected chi connectivity index (χ2v) is 7.47. The lowest BCUT2D eigenvalue weighted by Crippen LogP contribution is -2.15. The van der Waals surface area contributed by atoms with Crippen LogP contribution in [0.1, 0.15) is 16.1 Å². The van der Waals surface area contributed by atoms with E-state index in [1.807, 2.05) is 24.3 Å². The lowest BCUT2D eigenvalue weighted by molar-refractivity contribution is -0.111. The Morgan fingerprint density at radius 3 is 2.90 bits per heavy atom. The molecular weight excluding hydrogens is 394 g/mol. The largest absolute Gasteiger partial charge is 0.307 e. The number of rotatable bonds is 5. The number of carbonyl (C=O) groups excluding carboxylic acids is 1.